The molecule has 1 unspecified atom stereocenters. The molecular weight excluding hydrogens is 468 g/mol. The molecule has 9 heteroatoms. The normalized spacial score (nSPS) is 15.1. The summed E-state index contributed by atoms with van der Waals surface area (Å²) in [7, 11) is 0. The summed E-state index contributed by atoms with van der Waals surface area (Å²) in [6, 6.07) is 11.9. The van der Waals surface area contributed by atoms with Gasteiger partial charge >= 0.3 is 5.97 Å². The van der Waals surface area contributed by atoms with Crippen LogP contribution >= 0.6 is 0 Å². The average Bonchev–Trinajstić information content (AvgIpc) is 2.82. The van der Waals surface area contributed by atoms with Gasteiger partial charge in [0.1, 0.15) is 28.2 Å². The van der Waals surface area contributed by atoms with E-state index in [2.05, 4.69) is 0 Å². The van der Waals surface area contributed by atoms with Gasteiger partial charge in [0.15, 0.2) is 17.3 Å². The maximum Gasteiger partial charge on any atom is 0.312 e. The van der Waals surface area contributed by atoms with Crippen molar-refractivity contribution in [3.63, 3.8) is 0 Å². The van der Waals surface area contributed by atoms with Crippen LogP contribution in [-0.2, 0) is 4.79 Å². The van der Waals surface area contributed by atoms with Crippen molar-refractivity contribution in [1.82, 2.24) is 0 Å². The molecule has 0 aliphatic carbocycles. The number of carbonyl (C=O) groups excluding carboxylic acids is 1. The number of fused-ring (bicyclic) bond motifs is 3. The highest BCUT2D eigenvalue weighted by Crippen LogP contribution is 2.47. The number of aromatic hydroxyl groups is 4. The molecule has 1 aromatic heterocycles. The van der Waals surface area contributed by atoms with E-state index in [-0.39, 0.29) is 40.6 Å². The Hall–Kier alpha value is -4.66. The molecule has 2 heterocycles. The van der Waals surface area contributed by atoms with E-state index in [0.717, 1.165) is 17.7 Å². The molecule has 4 N–H and O–H groups in total. The van der Waals surface area contributed by atoms with Crippen molar-refractivity contribution in [3.8, 4) is 45.8 Å². The molecule has 1 atom stereocenters. The van der Waals surface area contributed by atoms with Crippen LogP contribution in [0, 0.1) is 0 Å². The molecule has 36 heavy (non-hydrogen) atoms. The predicted molar refractivity (Wildman–Crippen MR) is 129 cm³/mol. The van der Waals surface area contributed by atoms with Crippen molar-refractivity contribution < 1.29 is 39.1 Å². The first kappa shape index (κ1) is 23.1. The number of carbonyl (C=O) groups is 1. The quantitative estimate of drug-likeness (QED) is 0.184. The third-order valence-corrected chi connectivity index (χ3v) is 5.96. The molecule has 0 saturated carbocycles. The second-order valence-electron chi connectivity index (χ2n) is 8.79. The Morgan fingerprint density at radius 1 is 0.917 bits per heavy atom. The van der Waals surface area contributed by atoms with Crippen LogP contribution < -0.4 is 14.9 Å². The molecule has 4 aromatic rings. The van der Waals surface area contributed by atoms with Gasteiger partial charge in [0.25, 0.3) is 0 Å². The number of hydrogen-bond acceptors (Lipinski definition) is 9. The van der Waals surface area contributed by atoms with Crippen molar-refractivity contribution in [2.45, 2.75) is 32.3 Å². The van der Waals surface area contributed by atoms with E-state index in [1.54, 1.807) is 24.3 Å². The maximum absolute atomic E-state index is 13.1. The van der Waals surface area contributed by atoms with Gasteiger partial charge in [-0.1, -0.05) is 12.1 Å². The molecule has 1 aliphatic rings. The maximum atomic E-state index is 13.1. The summed E-state index contributed by atoms with van der Waals surface area (Å²) in [4.78, 5) is 25.6. The fraction of sp³-hybridized carbons (Fsp3) is 0.185. The largest absolute Gasteiger partial charge is 0.507 e. The second kappa shape index (κ2) is 8.53. The summed E-state index contributed by atoms with van der Waals surface area (Å²) in [5.74, 6) is -2.93. The van der Waals surface area contributed by atoms with Gasteiger partial charge < -0.3 is 34.3 Å². The standard InChI is InChI=1S/C27H22O9/c1-12(2)34-15-6-3-13(4-7-15)16-10-21(31)35-20-11-19(30)23-24(32)25(33)26(36-27(23)22(16)20)14-5-8-17(28)18(29)9-14/h3-9,11-12,16,28-30,33H,10H2,1-2H3. The summed E-state index contributed by atoms with van der Waals surface area (Å²) < 4.78 is 17.1. The summed E-state index contributed by atoms with van der Waals surface area (Å²) >= 11 is 0. The van der Waals surface area contributed by atoms with Crippen LogP contribution in [0.2, 0.25) is 0 Å². The van der Waals surface area contributed by atoms with Gasteiger partial charge in [0.05, 0.1) is 12.5 Å². The number of phenols is 3. The molecule has 0 saturated heterocycles. The zero-order chi connectivity index (χ0) is 25.7. The lowest BCUT2D eigenvalue weighted by Gasteiger charge is -2.26. The lowest BCUT2D eigenvalue weighted by atomic mass is 9.85. The Kier molecular flexibility index (Phi) is 5.47. The van der Waals surface area contributed by atoms with Crippen LogP contribution in [0.25, 0.3) is 22.3 Å². The van der Waals surface area contributed by atoms with Crippen molar-refractivity contribution in [1.29, 1.82) is 0 Å². The van der Waals surface area contributed by atoms with Gasteiger partial charge in [-0.05, 0) is 49.7 Å². The van der Waals surface area contributed by atoms with Crippen LogP contribution in [0.1, 0.15) is 37.3 Å². The minimum Gasteiger partial charge on any atom is -0.507 e. The van der Waals surface area contributed by atoms with Gasteiger partial charge in [-0.15, -0.1) is 0 Å². The fourth-order valence-electron chi connectivity index (χ4n) is 4.38. The Bertz CT molecular complexity index is 1570. The van der Waals surface area contributed by atoms with E-state index >= 15 is 0 Å². The summed E-state index contributed by atoms with van der Waals surface area (Å²) in [5.41, 5.74) is 0.195. The Morgan fingerprint density at radius 2 is 1.64 bits per heavy atom. The van der Waals surface area contributed by atoms with Crippen molar-refractivity contribution >= 4 is 16.9 Å². The number of esters is 1. The first-order valence-electron chi connectivity index (χ1n) is 11.2. The van der Waals surface area contributed by atoms with Crippen LogP contribution in [0.3, 0.4) is 0 Å². The lowest BCUT2D eigenvalue weighted by Crippen LogP contribution is -2.22. The molecule has 5 rings (SSSR count). The van der Waals surface area contributed by atoms with Gasteiger partial charge in [-0.25, -0.2) is 0 Å². The monoisotopic (exact) mass is 490 g/mol. The van der Waals surface area contributed by atoms with Gasteiger partial charge in [0.2, 0.25) is 11.2 Å². The van der Waals surface area contributed by atoms with Crippen LogP contribution in [-0.4, -0.2) is 32.5 Å². The van der Waals surface area contributed by atoms with Crippen LogP contribution in [0.4, 0.5) is 0 Å². The lowest BCUT2D eigenvalue weighted by molar-refractivity contribution is -0.135. The van der Waals surface area contributed by atoms with Crippen LogP contribution in [0.15, 0.2) is 57.7 Å². The topological polar surface area (TPSA) is 147 Å². The molecule has 1 aliphatic heterocycles. The van der Waals surface area contributed by atoms with E-state index in [0.29, 0.717) is 11.3 Å². The molecule has 184 valence electrons. The number of hydrogen-bond donors (Lipinski definition) is 4. The van der Waals surface area contributed by atoms with E-state index in [1.165, 1.54) is 12.1 Å². The highest BCUT2D eigenvalue weighted by molar-refractivity contribution is 5.94. The molecule has 0 bridgehead atoms. The molecule has 9 nitrogen and oxygen atoms in total. The predicted octanol–water partition coefficient (Wildman–Crippen LogP) is 4.51. The first-order valence-corrected chi connectivity index (χ1v) is 11.2. The molecule has 0 fully saturated rings. The Morgan fingerprint density at radius 3 is 2.31 bits per heavy atom. The molecule has 0 amide bonds. The zero-order valence-corrected chi connectivity index (χ0v) is 19.3. The minimum atomic E-state index is -0.907. The summed E-state index contributed by atoms with van der Waals surface area (Å²) in [6.07, 6.45) is -0.0789. The SMILES string of the molecule is CC(C)Oc1ccc(C2CC(=O)Oc3cc(O)c4c(=O)c(O)c(-c5ccc(O)c(O)c5)oc4c32)cc1. The molecule has 0 spiro atoms. The average molecular weight is 490 g/mol. The summed E-state index contributed by atoms with van der Waals surface area (Å²) in [6.45, 7) is 3.81. The second-order valence-corrected chi connectivity index (χ2v) is 8.79. The van der Waals surface area contributed by atoms with E-state index in [1.807, 2.05) is 13.8 Å². The third kappa shape index (κ3) is 3.84. The van der Waals surface area contributed by atoms with Gasteiger partial charge in [0, 0.05) is 23.1 Å². The van der Waals surface area contributed by atoms with Crippen molar-refractivity contribution in [3.05, 3.63) is 69.9 Å². The summed E-state index contributed by atoms with van der Waals surface area (Å²) in [5, 5.41) is 40.5. The molecular formula is C27H22O9. The number of rotatable bonds is 4. The molecule has 3 aromatic carbocycles. The Labute approximate surface area is 204 Å². The van der Waals surface area contributed by atoms with Crippen molar-refractivity contribution in [2.24, 2.45) is 0 Å². The van der Waals surface area contributed by atoms with Gasteiger partial charge in [-0.2, -0.15) is 0 Å². The minimum absolute atomic E-state index is 0.0205. The van der Waals surface area contributed by atoms with E-state index < -0.39 is 40.3 Å². The van der Waals surface area contributed by atoms with Crippen molar-refractivity contribution in [2.75, 3.05) is 0 Å². The number of phenolic OH excluding ortho intramolecular Hbond substituents is 3. The number of benzene rings is 3. The first-order chi connectivity index (χ1) is 17.1. The molecule has 0 radical (unpaired) electrons. The number of ether oxygens (including phenoxy) is 2. The third-order valence-electron chi connectivity index (χ3n) is 5.96. The highest BCUT2D eigenvalue weighted by Gasteiger charge is 2.34. The smallest absolute Gasteiger partial charge is 0.312 e. The van der Waals surface area contributed by atoms with E-state index in [4.69, 9.17) is 13.9 Å². The fourth-order valence-corrected chi connectivity index (χ4v) is 4.38. The zero-order valence-electron chi connectivity index (χ0n) is 19.3. The van der Waals surface area contributed by atoms with E-state index in [9.17, 15) is 30.0 Å². The Balaban J connectivity index is 1.76. The van der Waals surface area contributed by atoms with Gasteiger partial charge in [-0.3, -0.25) is 9.59 Å². The highest BCUT2D eigenvalue weighted by atomic mass is 16.5. The van der Waals surface area contributed by atoms with Crippen LogP contribution in [0.5, 0.6) is 34.5 Å².